The van der Waals surface area contributed by atoms with Gasteiger partial charge in [0.05, 0.1) is 31.9 Å². The highest BCUT2D eigenvalue weighted by atomic mass is 32.2. The molecule has 0 bridgehead atoms. The molecule has 0 radical (unpaired) electrons. The third kappa shape index (κ3) is 6.19. The van der Waals surface area contributed by atoms with Crippen molar-refractivity contribution < 1.29 is 14.8 Å². The zero-order valence-electron chi connectivity index (χ0n) is 15.6. The number of thioether (sulfide) groups is 1. The number of aromatic hydroxyl groups is 1. The lowest BCUT2D eigenvalue weighted by Gasteiger charge is -2.33. The highest BCUT2D eigenvalue weighted by Gasteiger charge is 2.23. The highest BCUT2D eigenvalue weighted by molar-refractivity contribution is 7.99. The van der Waals surface area contributed by atoms with Gasteiger partial charge in [-0.1, -0.05) is 30.3 Å². The summed E-state index contributed by atoms with van der Waals surface area (Å²) in [6.45, 7) is 4.79. The van der Waals surface area contributed by atoms with Crippen LogP contribution in [0.2, 0.25) is 0 Å². The summed E-state index contributed by atoms with van der Waals surface area (Å²) in [5.74, 6) is 1.47. The maximum Gasteiger partial charge on any atom is 0.275 e. The van der Waals surface area contributed by atoms with Crippen molar-refractivity contribution in [3.8, 4) is 5.75 Å². The Morgan fingerprint density at radius 3 is 2.52 bits per heavy atom. The minimum absolute atomic E-state index is 0.130. The highest BCUT2D eigenvalue weighted by Crippen LogP contribution is 2.25. The fourth-order valence-corrected chi connectivity index (χ4v) is 4.14. The number of carbonyl (C=O) groups excluding carboxylic acids is 1. The number of phenols is 1. The van der Waals surface area contributed by atoms with Crippen molar-refractivity contribution in [1.29, 1.82) is 0 Å². The second-order valence-corrected chi connectivity index (χ2v) is 7.94. The number of hydrogen-bond acceptors (Lipinski definition) is 4. The van der Waals surface area contributed by atoms with Gasteiger partial charge in [-0.15, -0.1) is 11.8 Å². The number of nitrogens with one attached hydrogen (secondary N) is 2. The van der Waals surface area contributed by atoms with Crippen molar-refractivity contribution in [2.75, 3.05) is 49.9 Å². The predicted octanol–water partition coefficient (Wildman–Crippen LogP) is 1.40. The molecule has 2 aromatic rings. The number of quaternary nitrogens is 1. The molecule has 1 aliphatic rings. The van der Waals surface area contributed by atoms with E-state index in [1.54, 1.807) is 6.07 Å². The second-order valence-electron chi connectivity index (χ2n) is 6.77. The van der Waals surface area contributed by atoms with Crippen molar-refractivity contribution in [1.82, 2.24) is 5.32 Å². The zero-order valence-corrected chi connectivity index (χ0v) is 16.4. The fraction of sp³-hybridized carbons (Fsp3) is 0.381. The van der Waals surface area contributed by atoms with E-state index in [9.17, 15) is 9.90 Å². The monoisotopic (exact) mass is 386 g/mol. The van der Waals surface area contributed by atoms with E-state index < -0.39 is 0 Å². The molecule has 0 unspecified atom stereocenters. The van der Waals surface area contributed by atoms with Crippen LogP contribution in [-0.2, 0) is 4.79 Å². The van der Waals surface area contributed by atoms with E-state index in [0.29, 0.717) is 12.3 Å². The van der Waals surface area contributed by atoms with Gasteiger partial charge in [-0.3, -0.25) is 4.79 Å². The molecule has 0 spiro atoms. The average Bonchev–Trinajstić information content (AvgIpc) is 2.70. The smallest absolute Gasteiger partial charge is 0.275 e. The summed E-state index contributed by atoms with van der Waals surface area (Å²) < 4.78 is 0. The number of rotatable bonds is 8. The molecule has 0 aromatic heterocycles. The van der Waals surface area contributed by atoms with Crippen LogP contribution < -0.4 is 15.1 Å². The molecule has 0 atom stereocenters. The SMILES string of the molecule is O=C(C[NH+]1CCN(c2ccccc2O)CC1)NCCCSc1ccccc1. The quantitative estimate of drug-likeness (QED) is 0.474. The maximum absolute atomic E-state index is 12.2. The summed E-state index contributed by atoms with van der Waals surface area (Å²) in [5.41, 5.74) is 0.886. The molecule has 0 saturated carbocycles. The molecule has 1 fully saturated rings. The lowest BCUT2D eigenvalue weighted by molar-refractivity contribution is -0.892. The lowest BCUT2D eigenvalue weighted by atomic mass is 10.2. The van der Waals surface area contributed by atoms with Crippen LogP contribution >= 0.6 is 11.8 Å². The molecule has 5 nitrogen and oxygen atoms in total. The third-order valence-electron chi connectivity index (χ3n) is 4.76. The Balaban J connectivity index is 1.30. The van der Waals surface area contributed by atoms with E-state index in [0.717, 1.165) is 50.6 Å². The summed E-state index contributed by atoms with van der Waals surface area (Å²) in [6, 6.07) is 17.8. The van der Waals surface area contributed by atoms with Crippen LogP contribution in [0.4, 0.5) is 5.69 Å². The van der Waals surface area contributed by atoms with Crippen molar-refractivity contribution in [2.24, 2.45) is 0 Å². The number of phenolic OH excluding ortho intramolecular Hbond substituents is 1. The summed E-state index contributed by atoms with van der Waals surface area (Å²) in [7, 11) is 0. The average molecular weight is 387 g/mol. The molecule has 27 heavy (non-hydrogen) atoms. The molecule has 144 valence electrons. The predicted molar refractivity (Wildman–Crippen MR) is 111 cm³/mol. The summed E-state index contributed by atoms with van der Waals surface area (Å²) in [6.07, 6.45) is 0.974. The summed E-state index contributed by atoms with van der Waals surface area (Å²) >= 11 is 1.82. The molecule has 1 heterocycles. The molecule has 2 aromatic carbocycles. The van der Waals surface area contributed by atoms with Crippen molar-refractivity contribution >= 4 is 23.4 Å². The molecule has 3 rings (SSSR count). The largest absolute Gasteiger partial charge is 0.506 e. The van der Waals surface area contributed by atoms with E-state index in [-0.39, 0.29) is 5.91 Å². The number of piperazine rings is 1. The van der Waals surface area contributed by atoms with Gasteiger partial charge >= 0.3 is 0 Å². The number of carbonyl (C=O) groups is 1. The molecular weight excluding hydrogens is 358 g/mol. The van der Waals surface area contributed by atoms with Gasteiger partial charge in [-0.25, -0.2) is 0 Å². The molecule has 3 N–H and O–H groups in total. The lowest BCUT2D eigenvalue weighted by Crippen LogP contribution is -3.15. The van der Waals surface area contributed by atoms with Gasteiger partial charge in [0.15, 0.2) is 6.54 Å². The Labute approximate surface area is 165 Å². The first-order chi connectivity index (χ1) is 13.2. The molecule has 0 aliphatic carbocycles. The second kappa shape index (κ2) is 10.2. The van der Waals surface area contributed by atoms with E-state index >= 15 is 0 Å². The van der Waals surface area contributed by atoms with Crippen LogP contribution in [-0.4, -0.2) is 56.0 Å². The van der Waals surface area contributed by atoms with E-state index in [4.69, 9.17) is 0 Å². The van der Waals surface area contributed by atoms with Crippen molar-refractivity contribution in [3.05, 3.63) is 54.6 Å². The Hall–Kier alpha value is -2.18. The fourth-order valence-electron chi connectivity index (χ4n) is 3.27. The van der Waals surface area contributed by atoms with Gasteiger partial charge in [-0.05, 0) is 36.4 Å². The van der Waals surface area contributed by atoms with E-state index in [1.807, 2.05) is 48.2 Å². The normalized spacial score (nSPS) is 14.9. The Bertz CT molecular complexity index is 718. The van der Waals surface area contributed by atoms with E-state index in [1.165, 1.54) is 9.80 Å². The zero-order chi connectivity index (χ0) is 18.9. The Morgan fingerprint density at radius 2 is 1.78 bits per heavy atom. The van der Waals surface area contributed by atoms with E-state index in [2.05, 4.69) is 22.3 Å². The van der Waals surface area contributed by atoms with Gasteiger partial charge < -0.3 is 20.2 Å². The molecular formula is C21H28N3O2S+. The first kappa shape index (κ1) is 19.6. The minimum atomic E-state index is 0.130. The van der Waals surface area contributed by atoms with Gasteiger partial charge in [-0.2, -0.15) is 0 Å². The first-order valence-electron chi connectivity index (χ1n) is 9.53. The minimum Gasteiger partial charge on any atom is -0.506 e. The van der Waals surface area contributed by atoms with Crippen LogP contribution in [0.15, 0.2) is 59.5 Å². The van der Waals surface area contributed by atoms with Crippen LogP contribution in [0.3, 0.4) is 0 Å². The van der Waals surface area contributed by atoms with Gasteiger partial charge in [0, 0.05) is 11.4 Å². The summed E-state index contributed by atoms with van der Waals surface area (Å²) in [4.78, 5) is 16.9. The van der Waals surface area contributed by atoms with Crippen LogP contribution in [0, 0.1) is 0 Å². The van der Waals surface area contributed by atoms with Crippen molar-refractivity contribution in [3.63, 3.8) is 0 Å². The molecule has 1 amide bonds. The number of para-hydroxylation sites is 2. The standard InChI is InChI=1S/C21H27N3O2S/c25-20-10-5-4-9-19(20)24-14-12-23(13-15-24)17-21(26)22-11-6-16-27-18-7-2-1-3-8-18/h1-5,7-10,25H,6,11-17H2,(H,22,26)/p+1. The van der Waals surface area contributed by atoms with Gasteiger partial charge in [0.2, 0.25) is 0 Å². The van der Waals surface area contributed by atoms with Crippen LogP contribution in [0.25, 0.3) is 0 Å². The van der Waals surface area contributed by atoms with Crippen molar-refractivity contribution in [2.45, 2.75) is 11.3 Å². The molecule has 1 saturated heterocycles. The van der Waals surface area contributed by atoms with Crippen LogP contribution in [0.1, 0.15) is 6.42 Å². The number of nitrogens with zero attached hydrogens (tertiary/aromatic N) is 1. The third-order valence-corrected chi connectivity index (χ3v) is 5.86. The first-order valence-corrected chi connectivity index (χ1v) is 10.5. The number of amides is 1. The maximum atomic E-state index is 12.2. The molecule has 1 aliphatic heterocycles. The van der Waals surface area contributed by atoms with Crippen LogP contribution in [0.5, 0.6) is 5.75 Å². The Kier molecular flexibility index (Phi) is 7.42. The number of anilines is 1. The number of benzene rings is 2. The van der Waals surface area contributed by atoms with Gasteiger partial charge in [0.25, 0.3) is 5.91 Å². The summed E-state index contributed by atoms with van der Waals surface area (Å²) in [5, 5.41) is 13.0. The Morgan fingerprint density at radius 1 is 1.07 bits per heavy atom. The topological polar surface area (TPSA) is 57.0 Å². The number of hydrogen-bond donors (Lipinski definition) is 3. The molecule has 6 heteroatoms. The van der Waals surface area contributed by atoms with Gasteiger partial charge in [0.1, 0.15) is 5.75 Å².